The van der Waals surface area contributed by atoms with Crippen molar-refractivity contribution in [3.05, 3.63) is 20.1 Å². The van der Waals surface area contributed by atoms with E-state index in [2.05, 4.69) is 0 Å². The Bertz CT molecular complexity index is 236. The molecule has 0 aromatic carbocycles. The SMILES string of the molecule is CC1C(Cl)=C(Cl)C(Cl)=C(Cl)C1C. The van der Waals surface area contributed by atoms with Crippen LogP contribution in [0.2, 0.25) is 0 Å². The molecular weight excluding hydrogens is 238 g/mol. The summed E-state index contributed by atoms with van der Waals surface area (Å²) in [5, 5.41) is 1.96. The summed E-state index contributed by atoms with van der Waals surface area (Å²) in [6.07, 6.45) is 0. The molecule has 0 spiro atoms. The van der Waals surface area contributed by atoms with E-state index in [1.165, 1.54) is 0 Å². The molecule has 0 heterocycles. The summed E-state index contributed by atoms with van der Waals surface area (Å²) in [6, 6.07) is 0. The fourth-order valence-corrected chi connectivity index (χ4v) is 2.26. The highest BCUT2D eigenvalue weighted by Gasteiger charge is 2.29. The van der Waals surface area contributed by atoms with Gasteiger partial charge in [-0.05, 0) is 0 Å². The predicted octanol–water partition coefficient (Wildman–Crippen LogP) is 4.65. The molecule has 2 unspecified atom stereocenters. The zero-order valence-corrected chi connectivity index (χ0v) is 9.69. The van der Waals surface area contributed by atoms with Gasteiger partial charge in [0.05, 0.1) is 10.1 Å². The molecule has 0 aromatic rings. The number of hydrogen-bond donors (Lipinski definition) is 0. The molecule has 1 aliphatic carbocycles. The molecule has 12 heavy (non-hydrogen) atoms. The van der Waals surface area contributed by atoms with Crippen molar-refractivity contribution in [3.8, 4) is 0 Å². The highest BCUT2D eigenvalue weighted by molar-refractivity contribution is 6.51. The Morgan fingerprint density at radius 2 is 1.00 bits per heavy atom. The number of halogens is 4. The quantitative estimate of drug-likeness (QED) is 0.583. The topological polar surface area (TPSA) is 0 Å². The molecule has 0 aromatic heterocycles. The highest BCUT2D eigenvalue weighted by Crippen LogP contribution is 2.44. The second-order valence-corrected chi connectivity index (χ2v) is 4.47. The van der Waals surface area contributed by atoms with Crippen LogP contribution in [-0.4, -0.2) is 0 Å². The standard InChI is InChI=1S/C8H8Cl4/c1-3-4(2)6(10)8(12)7(11)5(3)9/h3-4H,1-2H3. The lowest BCUT2D eigenvalue weighted by Gasteiger charge is -2.25. The third kappa shape index (κ3) is 1.63. The van der Waals surface area contributed by atoms with Crippen molar-refractivity contribution < 1.29 is 0 Å². The fraction of sp³-hybridized carbons (Fsp3) is 0.500. The molecule has 4 heteroatoms. The summed E-state index contributed by atoms with van der Waals surface area (Å²) in [5.74, 6) is 0.295. The van der Waals surface area contributed by atoms with Crippen LogP contribution in [0.25, 0.3) is 0 Å². The molecule has 68 valence electrons. The van der Waals surface area contributed by atoms with E-state index in [4.69, 9.17) is 46.4 Å². The van der Waals surface area contributed by atoms with Crippen LogP contribution >= 0.6 is 46.4 Å². The van der Waals surface area contributed by atoms with E-state index >= 15 is 0 Å². The zero-order valence-electron chi connectivity index (χ0n) is 6.67. The van der Waals surface area contributed by atoms with Crippen molar-refractivity contribution in [1.29, 1.82) is 0 Å². The average Bonchev–Trinajstić information content (AvgIpc) is 2.08. The maximum Gasteiger partial charge on any atom is 0.0752 e. The Hall–Kier alpha value is 0.640. The van der Waals surface area contributed by atoms with Crippen LogP contribution in [0.4, 0.5) is 0 Å². The van der Waals surface area contributed by atoms with Gasteiger partial charge in [-0.2, -0.15) is 0 Å². The number of rotatable bonds is 0. The Morgan fingerprint density at radius 3 is 1.25 bits per heavy atom. The molecule has 0 saturated carbocycles. The second kappa shape index (κ2) is 3.79. The molecule has 1 aliphatic rings. The van der Waals surface area contributed by atoms with Gasteiger partial charge in [-0.25, -0.2) is 0 Å². The number of allylic oxidation sites excluding steroid dienone is 4. The molecule has 0 nitrogen and oxygen atoms in total. The van der Waals surface area contributed by atoms with Crippen LogP contribution in [-0.2, 0) is 0 Å². The van der Waals surface area contributed by atoms with Crippen LogP contribution in [0, 0.1) is 11.8 Å². The molecule has 0 aliphatic heterocycles. The van der Waals surface area contributed by atoms with Crippen molar-refractivity contribution in [1.82, 2.24) is 0 Å². The van der Waals surface area contributed by atoms with Crippen LogP contribution < -0.4 is 0 Å². The molecule has 0 fully saturated rings. The minimum Gasteiger partial charge on any atom is -0.0872 e. The van der Waals surface area contributed by atoms with Crippen molar-refractivity contribution in [2.24, 2.45) is 11.8 Å². The summed E-state index contributed by atoms with van der Waals surface area (Å²) in [6.45, 7) is 3.95. The van der Waals surface area contributed by atoms with Crippen LogP contribution in [0.15, 0.2) is 20.1 Å². The molecule has 0 bridgehead atoms. The van der Waals surface area contributed by atoms with Crippen molar-refractivity contribution in [2.75, 3.05) is 0 Å². The van der Waals surface area contributed by atoms with Gasteiger partial charge in [0.1, 0.15) is 0 Å². The van der Waals surface area contributed by atoms with Gasteiger partial charge in [-0.3, -0.25) is 0 Å². The van der Waals surface area contributed by atoms with Crippen LogP contribution in [0.1, 0.15) is 13.8 Å². The lowest BCUT2D eigenvalue weighted by Crippen LogP contribution is -2.14. The predicted molar refractivity (Wildman–Crippen MR) is 55.8 cm³/mol. The lowest BCUT2D eigenvalue weighted by molar-refractivity contribution is 0.530. The Morgan fingerprint density at radius 1 is 0.750 bits per heavy atom. The first-order valence-electron chi connectivity index (χ1n) is 3.57. The monoisotopic (exact) mass is 244 g/mol. The zero-order chi connectivity index (χ0) is 9.46. The van der Waals surface area contributed by atoms with Gasteiger partial charge in [-0.1, -0.05) is 60.3 Å². The van der Waals surface area contributed by atoms with Crippen molar-refractivity contribution in [2.45, 2.75) is 13.8 Å². The van der Waals surface area contributed by atoms with Gasteiger partial charge in [0.25, 0.3) is 0 Å². The van der Waals surface area contributed by atoms with Gasteiger partial charge >= 0.3 is 0 Å². The first-order valence-corrected chi connectivity index (χ1v) is 5.08. The largest absolute Gasteiger partial charge is 0.0872 e. The third-order valence-corrected chi connectivity index (χ3v) is 4.30. The second-order valence-electron chi connectivity index (χ2n) is 2.90. The van der Waals surface area contributed by atoms with Gasteiger partial charge < -0.3 is 0 Å². The maximum absolute atomic E-state index is 5.94. The van der Waals surface area contributed by atoms with Gasteiger partial charge in [0.2, 0.25) is 0 Å². The van der Waals surface area contributed by atoms with E-state index in [0.29, 0.717) is 20.1 Å². The van der Waals surface area contributed by atoms with Gasteiger partial charge in [-0.15, -0.1) is 0 Å². The van der Waals surface area contributed by atoms with Gasteiger partial charge in [0, 0.05) is 21.9 Å². The average molecular weight is 246 g/mol. The van der Waals surface area contributed by atoms with E-state index in [9.17, 15) is 0 Å². The molecule has 0 saturated heterocycles. The lowest BCUT2D eigenvalue weighted by atomic mass is 9.91. The summed E-state index contributed by atoms with van der Waals surface area (Å²) in [4.78, 5) is 0. The molecule has 0 radical (unpaired) electrons. The Balaban J connectivity index is 3.18. The molecule has 2 atom stereocenters. The van der Waals surface area contributed by atoms with E-state index in [1.807, 2.05) is 13.8 Å². The third-order valence-electron chi connectivity index (χ3n) is 2.16. The van der Waals surface area contributed by atoms with Crippen molar-refractivity contribution >= 4 is 46.4 Å². The summed E-state index contributed by atoms with van der Waals surface area (Å²) < 4.78 is 0. The minimum atomic E-state index is 0.147. The van der Waals surface area contributed by atoms with E-state index < -0.39 is 0 Å². The Labute approximate surface area is 92.1 Å². The molecule has 1 rings (SSSR count). The van der Waals surface area contributed by atoms with Crippen LogP contribution in [0.5, 0.6) is 0 Å². The molecule has 0 N–H and O–H groups in total. The van der Waals surface area contributed by atoms with Crippen molar-refractivity contribution in [3.63, 3.8) is 0 Å². The van der Waals surface area contributed by atoms with E-state index in [-0.39, 0.29) is 11.8 Å². The highest BCUT2D eigenvalue weighted by atomic mass is 35.5. The summed E-state index contributed by atoms with van der Waals surface area (Å²) >= 11 is 23.6. The number of hydrogen-bond acceptors (Lipinski definition) is 0. The minimum absolute atomic E-state index is 0.147. The maximum atomic E-state index is 5.94. The normalized spacial score (nSPS) is 31.5. The Kier molecular flexibility index (Phi) is 3.39. The van der Waals surface area contributed by atoms with Gasteiger partial charge in [0.15, 0.2) is 0 Å². The summed E-state index contributed by atoms with van der Waals surface area (Å²) in [7, 11) is 0. The van der Waals surface area contributed by atoms with Crippen LogP contribution in [0.3, 0.4) is 0 Å². The molecule has 0 amide bonds. The first kappa shape index (κ1) is 10.7. The first-order chi connectivity index (χ1) is 5.46. The van der Waals surface area contributed by atoms with E-state index in [0.717, 1.165) is 0 Å². The fourth-order valence-electron chi connectivity index (χ4n) is 1.05. The smallest absolute Gasteiger partial charge is 0.0752 e. The van der Waals surface area contributed by atoms with E-state index in [1.54, 1.807) is 0 Å². The summed E-state index contributed by atoms with van der Waals surface area (Å²) in [5.41, 5.74) is 0. The molecular formula is C8H8Cl4.